The van der Waals surface area contributed by atoms with Crippen LogP contribution in [0.1, 0.15) is 10.4 Å². The number of nitrogens with zero attached hydrogens (tertiary/aromatic N) is 5. The number of nitro groups is 1. The second kappa shape index (κ2) is 9.25. The number of piperazine rings is 1. The van der Waals surface area contributed by atoms with Crippen LogP contribution < -0.4 is 4.90 Å². The zero-order chi connectivity index (χ0) is 22.5. The van der Waals surface area contributed by atoms with Crippen LogP contribution in [0.4, 0.5) is 22.7 Å². The molecule has 1 fully saturated rings. The van der Waals surface area contributed by atoms with Gasteiger partial charge in [0.05, 0.1) is 16.3 Å². The Bertz CT molecular complexity index is 1120. The number of non-ortho nitro benzene ring substituents is 1. The lowest BCUT2D eigenvalue weighted by atomic mass is 10.1. The van der Waals surface area contributed by atoms with Crippen molar-refractivity contribution in [2.75, 3.05) is 31.1 Å². The largest absolute Gasteiger partial charge is 0.508 e. The minimum atomic E-state index is -0.456. The molecule has 1 N–H and O–H groups in total. The highest BCUT2D eigenvalue weighted by Gasteiger charge is 2.22. The van der Waals surface area contributed by atoms with Crippen LogP contribution in [0.5, 0.6) is 5.75 Å². The Morgan fingerprint density at radius 1 is 0.812 bits per heavy atom. The van der Waals surface area contributed by atoms with E-state index in [1.54, 1.807) is 24.3 Å². The van der Waals surface area contributed by atoms with Crippen molar-refractivity contribution in [1.29, 1.82) is 0 Å². The summed E-state index contributed by atoms with van der Waals surface area (Å²) >= 11 is 0. The van der Waals surface area contributed by atoms with Gasteiger partial charge in [-0.3, -0.25) is 14.9 Å². The monoisotopic (exact) mass is 431 g/mol. The molecule has 0 aromatic heterocycles. The van der Waals surface area contributed by atoms with Gasteiger partial charge < -0.3 is 14.9 Å². The number of phenolic OH excluding ortho intramolecular Hbond substituents is 1. The number of nitro benzene ring substituents is 1. The lowest BCUT2D eigenvalue weighted by Gasteiger charge is -2.36. The molecule has 162 valence electrons. The van der Waals surface area contributed by atoms with E-state index in [0.717, 1.165) is 5.69 Å². The molecule has 4 rings (SSSR count). The lowest BCUT2D eigenvalue weighted by Crippen LogP contribution is -2.48. The summed E-state index contributed by atoms with van der Waals surface area (Å²) in [5.41, 5.74) is 2.83. The SMILES string of the molecule is O=C(c1ccc(O)cc1)N1CCN(c2ccc(N=Nc3ccc([N+](=O)[O-])cc3)cc2)CC1. The molecule has 1 aliphatic heterocycles. The summed E-state index contributed by atoms with van der Waals surface area (Å²) < 4.78 is 0. The normalized spacial score (nSPS) is 14.0. The summed E-state index contributed by atoms with van der Waals surface area (Å²) in [6.07, 6.45) is 0. The standard InChI is InChI=1S/C23H21N5O4/c29-22-11-1-17(2-12-22)23(30)27-15-13-26(14-16-27)20-7-3-18(4-8-20)24-25-19-5-9-21(10-6-19)28(31)32/h1-12,29H,13-16H2. The summed E-state index contributed by atoms with van der Waals surface area (Å²) in [5, 5.41) is 28.4. The van der Waals surface area contributed by atoms with Crippen molar-refractivity contribution in [2.45, 2.75) is 0 Å². The van der Waals surface area contributed by atoms with Gasteiger partial charge in [-0.05, 0) is 60.7 Å². The molecule has 0 atom stereocenters. The Balaban J connectivity index is 1.33. The van der Waals surface area contributed by atoms with Gasteiger partial charge in [0.25, 0.3) is 11.6 Å². The number of hydrogen-bond donors (Lipinski definition) is 1. The van der Waals surface area contributed by atoms with E-state index >= 15 is 0 Å². The first-order valence-electron chi connectivity index (χ1n) is 10.1. The summed E-state index contributed by atoms with van der Waals surface area (Å²) in [4.78, 5) is 26.9. The Morgan fingerprint density at radius 3 is 1.88 bits per heavy atom. The van der Waals surface area contributed by atoms with Crippen LogP contribution in [0.25, 0.3) is 0 Å². The van der Waals surface area contributed by atoms with Crippen LogP contribution in [0, 0.1) is 10.1 Å². The van der Waals surface area contributed by atoms with Crippen LogP contribution >= 0.6 is 0 Å². The molecular formula is C23H21N5O4. The van der Waals surface area contributed by atoms with E-state index in [1.165, 1.54) is 24.3 Å². The second-order valence-corrected chi connectivity index (χ2v) is 7.32. The first-order chi connectivity index (χ1) is 15.5. The smallest absolute Gasteiger partial charge is 0.269 e. The molecule has 3 aromatic carbocycles. The molecule has 0 saturated carbocycles. The van der Waals surface area contributed by atoms with E-state index in [-0.39, 0.29) is 17.3 Å². The molecule has 3 aromatic rings. The molecule has 0 bridgehead atoms. The maximum atomic E-state index is 12.6. The molecule has 1 amide bonds. The summed E-state index contributed by atoms with van der Waals surface area (Å²) in [5.74, 6) is 0.105. The first kappa shape index (κ1) is 21.0. The Morgan fingerprint density at radius 2 is 1.34 bits per heavy atom. The fourth-order valence-electron chi connectivity index (χ4n) is 3.44. The van der Waals surface area contributed by atoms with E-state index in [1.807, 2.05) is 29.2 Å². The fraction of sp³-hybridized carbons (Fsp3) is 0.174. The minimum absolute atomic E-state index is 0.0122. The third-order valence-corrected chi connectivity index (χ3v) is 5.24. The van der Waals surface area contributed by atoms with Gasteiger partial charge in [0.1, 0.15) is 5.75 Å². The maximum absolute atomic E-state index is 12.6. The van der Waals surface area contributed by atoms with Gasteiger partial charge in [0, 0.05) is 49.6 Å². The second-order valence-electron chi connectivity index (χ2n) is 7.32. The van der Waals surface area contributed by atoms with Crippen LogP contribution in [-0.2, 0) is 0 Å². The number of benzene rings is 3. The van der Waals surface area contributed by atoms with Gasteiger partial charge in [-0.25, -0.2) is 0 Å². The molecule has 1 aliphatic rings. The molecule has 1 heterocycles. The van der Waals surface area contributed by atoms with Gasteiger partial charge in [0.15, 0.2) is 0 Å². The van der Waals surface area contributed by atoms with E-state index in [9.17, 15) is 20.0 Å². The Labute approximate surface area is 184 Å². The highest BCUT2D eigenvalue weighted by Crippen LogP contribution is 2.24. The quantitative estimate of drug-likeness (QED) is 0.358. The number of carbonyl (C=O) groups is 1. The molecule has 0 aliphatic carbocycles. The van der Waals surface area contributed by atoms with Crippen molar-refractivity contribution in [2.24, 2.45) is 10.2 Å². The number of aromatic hydroxyl groups is 1. The number of amides is 1. The number of hydrogen-bond acceptors (Lipinski definition) is 7. The fourth-order valence-corrected chi connectivity index (χ4v) is 3.44. The topological polar surface area (TPSA) is 112 Å². The molecule has 0 unspecified atom stereocenters. The van der Waals surface area contributed by atoms with E-state index in [0.29, 0.717) is 43.1 Å². The summed E-state index contributed by atoms with van der Waals surface area (Å²) in [6, 6.07) is 19.8. The van der Waals surface area contributed by atoms with Crippen LogP contribution in [0.3, 0.4) is 0 Å². The van der Waals surface area contributed by atoms with Crippen LogP contribution in [0.15, 0.2) is 83.0 Å². The average molecular weight is 431 g/mol. The number of carbonyl (C=O) groups excluding carboxylic acids is 1. The molecule has 9 heteroatoms. The summed E-state index contributed by atoms with van der Waals surface area (Å²) in [7, 11) is 0. The van der Waals surface area contributed by atoms with Crippen molar-refractivity contribution in [3.8, 4) is 5.75 Å². The highest BCUT2D eigenvalue weighted by atomic mass is 16.6. The average Bonchev–Trinajstić information content (AvgIpc) is 2.83. The predicted molar refractivity (Wildman–Crippen MR) is 120 cm³/mol. The third-order valence-electron chi connectivity index (χ3n) is 5.24. The number of rotatable bonds is 5. The van der Waals surface area contributed by atoms with E-state index in [4.69, 9.17) is 0 Å². The molecule has 1 saturated heterocycles. The first-order valence-corrected chi connectivity index (χ1v) is 10.1. The predicted octanol–water partition coefficient (Wildman–Crippen LogP) is 4.68. The van der Waals surface area contributed by atoms with Gasteiger partial charge in [-0.2, -0.15) is 10.2 Å². The highest BCUT2D eigenvalue weighted by molar-refractivity contribution is 5.94. The van der Waals surface area contributed by atoms with E-state index < -0.39 is 4.92 Å². The van der Waals surface area contributed by atoms with Crippen molar-refractivity contribution in [1.82, 2.24) is 4.90 Å². The van der Waals surface area contributed by atoms with Crippen molar-refractivity contribution in [3.05, 3.63) is 88.5 Å². The molecule has 32 heavy (non-hydrogen) atoms. The zero-order valence-electron chi connectivity index (χ0n) is 17.2. The van der Waals surface area contributed by atoms with Crippen molar-refractivity contribution >= 4 is 28.7 Å². The molecule has 0 radical (unpaired) electrons. The molecule has 0 spiro atoms. The van der Waals surface area contributed by atoms with E-state index in [2.05, 4.69) is 15.1 Å². The van der Waals surface area contributed by atoms with Gasteiger partial charge in [0.2, 0.25) is 0 Å². The van der Waals surface area contributed by atoms with Gasteiger partial charge in [-0.1, -0.05) is 0 Å². The number of azo groups is 1. The summed E-state index contributed by atoms with van der Waals surface area (Å²) in [6.45, 7) is 2.66. The number of phenols is 1. The van der Waals surface area contributed by atoms with Gasteiger partial charge in [-0.15, -0.1) is 0 Å². The van der Waals surface area contributed by atoms with Gasteiger partial charge >= 0.3 is 0 Å². The van der Waals surface area contributed by atoms with Crippen molar-refractivity contribution < 1.29 is 14.8 Å². The molecule has 9 nitrogen and oxygen atoms in total. The minimum Gasteiger partial charge on any atom is -0.508 e. The third kappa shape index (κ3) is 4.89. The Kier molecular flexibility index (Phi) is 6.07. The van der Waals surface area contributed by atoms with Crippen LogP contribution in [-0.4, -0.2) is 47.0 Å². The zero-order valence-corrected chi connectivity index (χ0v) is 17.2. The van der Waals surface area contributed by atoms with Crippen LogP contribution in [0.2, 0.25) is 0 Å². The van der Waals surface area contributed by atoms with Crippen molar-refractivity contribution in [3.63, 3.8) is 0 Å². The molecular weight excluding hydrogens is 410 g/mol. The maximum Gasteiger partial charge on any atom is 0.269 e. The number of anilines is 1. The Hall–Kier alpha value is -4.27. The lowest BCUT2D eigenvalue weighted by molar-refractivity contribution is -0.384.